The highest BCUT2D eigenvalue weighted by atomic mass is 32.2. The second-order valence-corrected chi connectivity index (χ2v) is 11.4. The Morgan fingerprint density at radius 1 is 1.00 bits per heavy atom. The lowest BCUT2D eigenvalue weighted by Crippen LogP contribution is -2.43. The number of anilines is 1. The number of alkyl halides is 3. The molecule has 0 fully saturated rings. The first-order valence-electron chi connectivity index (χ1n) is 10.5. The van der Waals surface area contributed by atoms with Crippen LogP contribution in [0.15, 0.2) is 18.5 Å². The molecule has 0 aliphatic rings. The number of nitrogens with one attached hydrogen (secondary N) is 3. The van der Waals surface area contributed by atoms with E-state index < -0.39 is 43.3 Å². The fourth-order valence-corrected chi connectivity index (χ4v) is 3.91. The van der Waals surface area contributed by atoms with Crippen molar-refractivity contribution in [3.8, 4) is 11.5 Å². The molecule has 2 rings (SSSR count). The number of halogens is 3. The highest BCUT2D eigenvalue weighted by molar-refractivity contribution is 7.88. The van der Waals surface area contributed by atoms with E-state index in [0.717, 1.165) is 19.5 Å². The summed E-state index contributed by atoms with van der Waals surface area (Å²) in [7, 11) is -8.92. The minimum Gasteiger partial charge on any atom is -0.493 e. The first-order valence-corrected chi connectivity index (χ1v) is 13.4. The average molecular weight is 574 g/mol. The summed E-state index contributed by atoms with van der Waals surface area (Å²) in [5.41, 5.74) is -6.42. The van der Waals surface area contributed by atoms with Crippen molar-refractivity contribution < 1.29 is 48.5 Å². The highest BCUT2D eigenvalue weighted by Crippen LogP contribution is 2.37. The van der Waals surface area contributed by atoms with E-state index >= 15 is 0 Å². The monoisotopic (exact) mass is 573 g/mol. The Hall–Kier alpha value is -3.12. The minimum atomic E-state index is -5.93. The van der Waals surface area contributed by atoms with Crippen molar-refractivity contribution in [1.82, 2.24) is 19.4 Å². The van der Waals surface area contributed by atoms with Crippen LogP contribution in [0.4, 0.5) is 23.8 Å². The molecule has 0 saturated heterocycles. The van der Waals surface area contributed by atoms with Crippen LogP contribution in [0, 0.1) is 0 Å². The summed E-state index contributed by atoms with van der Waals surface area (Å²) < 4.78 is 103. The van der Waals surface area contributed by atoms with E-state index in [2.05, 4.69) is 24.2 Å². The maximum atomic E-state index is 12.7. The van der Waals surface area contributed by atoms with Crippen LogP contribution in [-0.4, -0.2) is 64.2 Å². The zero-order valence-electron chi connectivity index (χ0n) is 20.2. The summed E-state index contributed by atoms with van der Waals surface area (Å²) in [6, 6.07) is 2.19. The Kier molecular flexibility index (Phi) is 9.37. The first kappa shape index (κ1) is 30.1. The predicted octanol–water partition coefficient (Wildman–Crippen LogP) is 2.42. The fraction of sp³-hybridized carbons (Fsp3) is 0.526. The Labute approximate surface area is 211 Å². The average Bonchev–Trinajstić information content (AvgIpc) is 2.72. The Morgan fingerprint density at radius 2 is 1.65 bits per heavy atom. The molecule has 18 heteroatoms. The summed E-state index contributed by atoms with van der Waals surface area (Å²) in [5, 5.41) is 3.28. The lowest BCUT2D eigenvalue weighted by molar-refractivity contribution is -0.0500. The quantitative estimate of drug-likeness (QED) is 0.204. The molecule has 0 aliphatic heterocycles. The zero-order valence-corrected chi connectivity index (χ0v) is 21.8. The van der Waals surface area contributed by atoms with E-state index in [1.165, 1.54) is 6.07 Å². The van der Waals surface area contributed by atoms with Crippen LogP contribution < -0.4 is 23.7 Å². The molecular formula is C19H26F3N5O8S2. The van der Waals surface area contributed by atoms with Crippen LogP contribution in [0.5, 0.6) is 11.5 Å². The lowest BCUT2D eigenvalue weighted by Gasteiger charge is -2.19. The van der Waals surface area contributed by atoms with E-state index in [9.17, 15) is 34.8 Å². The van der Waals surface area contributed by atoms with Crippen LogP contribution in [0.2, 0.25) is 0 Å². The number of hydrogen-bond donors (Lipinski definition) is 3. The number of carbonyl (C=O) groups is 1. The number of nitrogens with zero attached hydrogens (tertiary/aromatic N) is 2. The molecule has 37 heavy (non-hydrogen) atoms. The molecule has 0 aliphatic carbocycles. The fourth-order valence-electron chi connectivity index (χ4n) is 2.70. The molecular weight excluding hydrogens is 547 g/mol. The summed E-state index contributed by atoms with van der Waals surface area (Å²) in [6.07, 6.45) is 0.803. The number of amides is 1. The second-order valence-electron chi connectivity index (χ2n) is 8.36. The van der Waals surface area contributed by atoms with Gasteiger partial charge in [-0.25, -0.2) is 19.5 Å². The second kappa shape index (κ2) is 11.5. The van der Waals surface area contributed by atoms with Gasteiger partial charge in [0.25, 0.3) is 0 Å². The maximum Gasteiger partial charge on any atom is 0.534 e. The topological polar surface area (TPSA) is 175 Å². The molecule has 1 amide bonds. The van der Waals surface area contributed by atoms with Crippen molar-refractivity contribution in [3.63, 3.8) is 0 Å². The summed E-state index contributed by atoms with van der Waals surface area (Å²) >= 11 is 0. The van der Waals surface area contributed by atoms with E-state index in [1.807, 2.05) is 0 Å². The van der Waals surface area contributed by atoms with Crippen LogP contribution in [0.1, 0.15) is 33.6 Å². The molecule has 0 saturated carbocycles. The van der Waals surface area contributed by atoms with Gasteiger partial charge in [0, 0.05) is 24.5 Å². The molecule has 208 valence electrons. The van der Waals surface area contributed by atoms with Crippen LogP contribution in [0.3, 0.4) is 0 Å². The molecule has 1 aromatic heterocycles. The molecule has 0 radical (unpaired) electrons. The summed E-state index contributed by atoms with van der Waals surface area (Å²) in [6.45, 7) is 5.06. The number of aromatic nitrogens is 2. The van der Waals surface area contributed by atoms with Crippen LogP contribution >= 0.6 is 0 Å². The van der Waals surface area contributed by atoms with Crippen molar-refractivity contribution in [2.45, 2.75) is 44.7 Å². The first-order chi connectivity index (χ1) is 16.9. The SMILES string of the molecule is COc1cc2c(NCCCCNS(=O)(=O)NC(=O)OC(C)(C)C)ncnc2cc1OS(=O)(=O)C(F)(F)F. The van der Waals surface area contributed by atoms with E-state index in [1.54, 1.807) is 25.5 Å². The normalized spacial score (nSPS) is 12.7. The Bertz CT molecular complexity index is 1330. The number of unbranched alkanes of at least 4 members (excludes halogenated alkanes) is 1. The van der Waals surface area contributed by atoms with Gasteiger partial charge in [-0.3, -0.25) is 0 Å². The van der Waals surface area contributed by atoms with Gasteiger partial charge in [-0.2, -0.15) is 34.7 Å². The van der Waals surface area contributed by atoms with Gasteiger partial charge in [0.1, 0.15) is 17.7 Å². The van der Waals surface area contributed by atoms with Gasteiger partial charge in [0.05, 0.1) is 12.6 Å². The third-order valence-corrected chi connectivity index (χ3v) is 6.19. The smallest absolute Gasteiger partial charge is 0.493 e. The number of benzene rings is 1. The number of rotatable bonds is 11. The van der Waals surface area contributed by atoms with E-state index in [4.69, 9.17) is 9.47 Å². The van der Waals surface area contributed by atoms with Crippen molar-refractivity contribution in [1.29, 1.82) is 0 Å². The molecule has 13 nitrogen and oxygen atoms in total. The maximum absolute atomic E-state index is 12.7. The van der Waals surface area contributed by atoms with Crippen LogP contribution in [0.25, 0.3) is 10.9 Å². The number of fused-ring (bicyclic) bond motifs is 1. The largest absolute Gasteiger partial charge is 0.534 e. The van der Waals surface area contributed by atoms with Crippen molar-refractivity contribution >= 4 is 43.1 Å². The Morgan fingerprint density at radius 3 is 2.24 bits per heavy atom. The zero-order chi connectivity index (χ0) is 28.1. The Balaban J connectivity index is 1.98. The number of methoxy groups -OCH3 is 1. The third kappa shape index (κ3) is 9.04. The summed E-state index contributed by atoms with van der Waals surface area (Å²) in [4.78, 5) is 19.6. The molecule has 1 aromatic carbocycles. The lowest BCUT2D eigenvalue weighted by atomic mass is 10.2. The highest BCUT2D eigenvalue weighted by Gasteiger charge is 2.49. The van der Waals surface area contributed by atoms with Crippen molar-refractivity contribution in [3.05, 3.63) is 18.5 Å². The minimum absolute atomic E-state index is 0.00648. The molecule has 0 spiro atoms. The number of ether oxygens (including phenoxy) is 2. The van der Waals surface area contributed by atoms with Gasteiger partial charge >= 0.3 is 31.9 Å². The van der Waals surface area contributed by atoms with E-state index in [0.29, 0.717) is 24.8 Å². The molecule has 3 N–H and O–H groups in total. The summed E-state index contributed by atoms with van der Waals surface area (Å²) in [5.74, 6) is -0.741. The van der Waals surface area contributed by atoms with Gasteiger partial charge in [-0.05, 0) is 39.7 Å². The molecule has 0 bridgehead atoms. The number of hydrogen-bond acceptors (Lipinski definition) is 11. The van der Waals surface area contributed by atoms with Gasteiger partial charge in [0.2, 0.25) is 0 Å². The molecule has 2 aromatic rings. The van der Waals surface area contributed by atoms with Gasteiger partial charge in [0.15, 0.2) is 11.5 Å². The third-order valence-electron chi connectivity index (χ3n) is 4.21. The molecule has 0 atom stereocenters. The van der Waals surface area contributed by atoms with Crippen molar-refractivity contribution in [2.75, 3.05) is 25.5 Å². The predicted molar refractivity (Wildman–Crippen MR) is 126 cm³/mol. The van der Waals surface area contributed by atoms with E-state index in [-0.39, 0.29) is 23.6 Å². The van der Waals surface area contributed by atoms with Crippen LogP contribution in [-0.2, 0) is 25.1 Å². The molecule has 0 unspecified atom stereocenters. The standard InChI is InChI=1S/C19H26F3N5O8S2/c1-18(2,3)34-17(28)27-37(31,32)26-8-6-5-7-23-16-12-9-14(33-4)15(10-13(12)24-11-25-16)35-36(29,30)19(20,21)22/h9-11,26H,5-8H2,1-4H3,(H,27,28)(H,23,24,25). The molecule has 1 heterocycles. The van der Waals surface area contributed by atoms with Crippen molar-refractivity contribution in [2.24, 2.45) is 0 Å². The van der Waals surface area contributed by atoms with Gasteiger partial charge in [-0.15, -0.1) is 0 Å². The van der Waals surface area contributed by atoms with Gasteiger partial charge in [-0.1, -0.05) is 0 Å². The number of carbonyl (C=O) groups excluding carboxylic acids is 1. The van der Waals surface area contributed by atoms with Gasteiger partial charge < -0.3 is 19.0 Å².